The van der Waals surface area contributed by atoms with Crippen molar-refractivity contribution in [3.8, 4) is 0 Å². The van der Waals surface area contributed by atoms with Gasteiger partial charge in [0.05, 0.1) is 0 Å². The van der Waals surface area contributed by atoms with Crippen molar-refractivity contribution in [2.75, 3.05) is 26.2 Å². The van der Waals surface area contributed by atoms with Crippen LogP contribution in [-0.4, -0.2) is 41.9 Å². The van der Waals surface area contributed by atoms with E-state index in [2.05, 4.69) is 70.6 Å². The van der Waals surface area contributed by atoms with Crippen LogP contribution in [0.3, 0.4) is 0 Å². The molecule has 0 radical (unpaired) electrons. The van der Waals surface area contributed by atoms with E-state index in [-0.39, 0.29) is 11.8 Å². The molecule has 2 aliphatic rings. The number of hydrogen-bond acceptors (Lipinski definition) is 3. The van der Waals surface area contributed by atoms with E-state index in [1.54, 1.807) is 0 Å². The molecule has 0 spiro atoms. The molecule has 0 atom stereocenters. The zero-order valence-corrected chi connectivity index (χ0v) is 18.3. The van der Waals surface area contributed by atoms with E-state index in [0.29, 0.717) is 6.54 Å². The number of carbonyl (C=O) groups excluding carboxylic acids is 1. The molecule has 2 aromatic rings. The van der Waals surface area contributed by atoms with Gasteiger partial charge < -0.3 is 5.32 Å². The number of benzene rings is 2. The Hall–Kier alpha value is -2.17. The average molecular weight is 406 g/mol. The zero-order valence-electron chi connectivity index (χ0n) is 18.3. The van der Waals surface area contributed by atoms with E-state index < -0.39 is 0 Å². The average Bonchev–Trinajstić information content (AvgIpc) is 3.28. The maximum Gasteiger partial charge on any atom is 0.223 e. The summed E-state index contributed by atoms with van der Waals surface area (Å²) in [5.41, 5.74) is 5.36. The van der Waals surface area contributed by atoms with Crippen LogP contribution in [-0.2, 0) is 24.4 Å². The highest BCUT2D eigenvalue weighted by molar-refractivity contribution is 5.78. The van der Waals surface area contributed by atoms with Gasteiger partial charge in [-0.3, -0.25) is 14.6 Å². The third-order valence-electron chi connectivity index (χ3n) is 6.78. The molecule has 0 aliphatic carbocycles. The first-order valence-corrected chi connectivity index (χ1v) is 11.5. The van der Waals surface area contributed by atoms with Crippen molar-refractivity contribution >= 4 is 5.91 Å². The Kier molecular flexibility index (Phi) is 7.19. The van der Waals surface area contributed by atoms with Crippen LogP contribution < -0.4 is 5.32 Å². The number of nitrogens with zero attached hydrogens (tertiary/aromatic N) is 2. The van der Waals surface area contributed by atoms with E-state index in [1.165, 1.54) is 48.2 Å². The first-order valence-electron chi connectivity index (χ1n) is 11.5. The minimum absolute atomic E-state index is 0.142. The fourth-order valence-corrected chi connectivity index (χ4v) is 4.77. The van der Waals surface area contributed by atoms with Gasteiger partial charge in [-0.1, -0.05) is 48.5 Å². The summed E-state index contributed by atoms with van der Waals surface area (Å²) in [6.07, 6.45) is 4.52. The second-order valence-corrected chi connectivity index (χ2v) is 8.95. The molecule has 1 N–H and O–H groups in total. The van der Waals surface area contributed by atoms with Gasteiger partial charge in [0.1, 0.15) is 0 Å². The van der Waals surface area contributed by atoms with E-state index >= 15 is 0 Å². The maximum absolute atomic E-state index is 12.8. The lowest BCUT2D eigenvalue weighted by molar-refractivity contribution is -0.126. The molecule has 0 aromatic heterocycles. The molecule has 2 aromatic carbocycles. The van der Waals surface area contributed by atoms with Crippen molar-refractivity contribution in [2.45, 2.75) is 52.2 Å². The summed E-state index contributed by atoms with van der Waals surface area (Å²) in [6, 6.07) is 17.2. The Morgan fingerprint density at radius 1 is 0.833 bits per heavy atom. The van der Waals surface area contributed by atoms with Gasteiger partial charge in [0.25, 0.3) is 0 Å². The number of nitrogens with one attached hydrogen (secondary N) is 1. The Bertz CT molecular complexity index is 836. The van der Waals surface area contributed by atoms with Gasteiger partial charge in [-0.15, -0.1) is 0 Å². The molecular formula is C26H35N3O. The molecule has 4 nitrogen and oxygen atoms in total. The zero-order chi connectivity index (χ0) is 20.8. The molecule has 30 heavy (non-hydrogen) atoms. The van der Waals surface area contributed by atoms with E-state index in [4.69, 9.17) is 0 Å². The maximum atomic E-state index is 12.8. The highest BCUT2D eigenvalue weighted by Crippen LogP contribution is 2.21. The highest BCUT2D eigenvalue weighted by Gasteiger charge is 2.25. The SMILES string of the molecule is Cc1ccccc1CN1CCC(C(=O)NCc2ccccc2CN2CCCC2)CC1. The van der Waals surface area contributed by atoms with Crippen LogP contribution in [0.15, 0.2) is 48.5 Å². The summed E-state index contributed by atoms with van der Waals surface area (Å²) in [7, 11) is 0. The largest absolute Gasteiger partial charge is 0.352 e. The summed E-state index contributed by atoms with van der Waals surface area (Å²) in [5, 5.41) is 3.23. The van der Waals surface area contributed by atoms with Crippen LogP contribution in [0.2, 0.25) is 0 Å². The Morgan fingerprint density at radius 3 is 2.10 bits per heavy atom. The van der Waals surface area contributed by atoms with E-state index in [0.717, 1.165) is 39.0 Å². The predicted octanol–water partition coefficient (Wildman–Crippen LogP) is 4.12. The predicted molar refractivity (Wildman–Crippen MR) is 122 cm³/mol. The Morgan fingerprint density at radius 2 is 1.40 bits per heavy atom. The van der Waals surface area contributed by atoms with Crippen LogP contribution in [0.25, 0.3) is 0 Å². The molecule has 4 rings (SSSR count). The number of hydrogen-bond donors (Lipinski definition) is 1. The Balaban J connectivity index is 1.25. The smallest absolute Gasteiger partial charge is 0.223 e. The van der Waals surface area contributed by atoms with Crippen molar-refractivity contribution in [1.82, 2.24) is 15.1 Å². The van der Waals surface area contributed by atoms with Gasteiger partial charge in [0.15, 0.2) is 0 Å². The number of carbonyl (C=O) groups is 1. The molecule has 0 saturated carbocycles. The molecule has 2 saturated heterocycles. The summed E-state index contributed by atoms with van der Waals surface area (Å²) in [5.74, 6) is 0.366. The van der Waals surface area contributed by atoms with Gasteiger partial charge in [0.2, 0.25) is 5.91 Å². The van der Waals surface area contributed by atoms with Gasteiger partial charge >= 0.3 is 0 Å². The standard InChI is InChI=1S/C26H35N3O/c1-21-8-2-3-10-24(21)19-29-16-12-22(13-17-29)26(30)27-18-23-9-4-5-11-25(23)20-28-14-6-7-15-28/h2-5,8-11,22H,6-7,12-20H2,1H3,(H,27,30). The monoisotopic (exact) mass is 405 g/mol. The summed E-state index contributed by atoms with van der Waals surface area (Å²) in [6.45, 7) is 9.21. The third-order valence-corrected chi connectivity index (χ3v) is 6.78. The van der Waals surface area contributed by atoms with Gasteiger partial charge in [-0.05, 0) is 81.0 Å². The Labute approximate surface area is 181 Å². The molecule has 2 aliphatic heterocycles. The molecule has 4 heteroatoms. The second kappa shape index (κ2) is 10.2. The number of rotatable bonds is 7. The first kappa shape index (κ1) is 21.1. The molecular weight excluding hydrogens is 370 g/mol. The highest BCUT2D eigenvalue weighted by atomic mass is 16.1. The van der Waals surface area contributed by atoms with Gasteiger partial charge in [0, 0.05) is 25.6 Å². The van der Waals surface area contributed by atoms with E-state index in [1.807, 2.05) is 0 Å². The van der Waals surface area contributed by atoms with Crippen LogP contribution in [0.1, 0.15) is 47.9 Å². The molecule has 2 heterocycles. The minimum Gasteiger partial charge on any atom is -0.352 e. The molecule has 0 unspecified atom stereocenters. The van der Waals surface area contributed by atoms with Crippen LogP contribution in [0.5, 0.6) is 0 Å². The minimum atomic E-state index is 0.142. The topological polar surface area (TPSA) is 35.6 Å². The van der Waals surface area contributed by atoms with Crippen molar-refractivity contribution in [3.05, 3.63) is 70.8 Å². The molecule has 160 valence electrons. The second-order valence-electron chi connectivity index (χ2n) is 8.95. The van der Waals surface area contributed by atoms with Crippen molar-refractivity contribution in [2.24, 2.45) is 5.92 Å². The van der Waals surface area contributed by atoms with E-state index in [9.17, 15) is 4.79 Å². The lowest BCUT2D eigenvalue weighted by atomic mass is 9.95. The summed E-state index contributed by atoms with van der Waals surface area (Å²) in [4.78, 5) is 17.8. The summed E-state index contributed by atoms with van der Waals surface area (Å²) < 4.78 is 0. The van der Waals surface area contributed by atoms with Crippen LogP contribution in [0.4, 0.5) is 0 Å². The molecule has 2 fully saturated rings. The number of piperidine rings is 1. The molecule has 0 bridgehead atoms. The van der Waals surface area contributed by atoms with Gasteiger partial charge in [-0.25, -0.2) is 0 Å². The number of aryl methyl sites for hydroxylation is 1. The normalized spacial score (nSPS) is 18.6. The number of amides is 1. The lowest BCUT2D eigenvalue weighted by Crippen LogP contribution is -2.40. The van der Waals surface area contributed by atoms with Gasteiger partial charge in [-0.2, -0.15) is 0 Å². The van der Waals surface area contributed by atoms with Crippen molar-refractivity contribution < 1.29 is 4.79 Å². The lowest BCUT2D eigenvalue weighted by Gasteiger charge is -2.31. The number of likely N-dealkylation sites (tertiary alicyclic amines) is 2. The quantitative estimate of drug-likeness (QED) is 0.753. The third kappa shape index (κ3) is 5.50. The van der Waals surface area contributed by atoms with Crippen LogP contribution >= 0.6 is 0 Å². The summed E-state index contributed by atoms with van der Waals surface area (Å²) >= 11 is 0. The van der Waals surface area contributed by atoms with Crippen LogP contribution in [0, 0.1) is 12.8 Å². The molecule has 1 amide bonds. The fourth-order valence-electron chi connectivity index (χ4n) is 4.77. The fraction of sp³-hybridized carbons (Fsp3) is 0.500. The first-order chi connectivity index (χ1) is 14.7. The van der Waals surface area contributed by atoms with Crippen molar-refractivity contribution in [3.63, 3.8) is 0 Å². The van der Waals surface area contributed by atoms with Crippen molar-refractivity contribution in [1.29, 1.82) is 0 Å².